The second-order valence-electron chi connectivity index (χ2n) is 14.6. The summed E-state index contributed by atoms with van der Waals surface area (Å²) in [6, 6.07) is 13.9. The average molecular weight is 694 g/mol. The molecular weight excluding hydrogens is 643 g/mol. The fourth-order valence-electron chi connectivity index (χ4n) is 5.90. The summed E-state index contributed by atoms with van der Waals surface area (Å²) in [5.41, 5.74) is 0.528. The van der Waals surface area contributed by atoms with E-state index in [1.807, 2.05) is 44.2 Å². The number of aliphatic hydroxyl groups excluding tert-OH is 1. The van der Waals surface area contributed by atoms with Crippen molar-refractivity contribution in [3.05, 3.63) is 71.8 Å². The molecule has 1 heterocycles. The lowest BCUT2D eigenvalue weighted by atomic mass is 9.85. The van der Waals surface area contributed by atoms with Gasteiger partial charge in [-0.1, -0.05) is 88.4 Å². The Morgan fingerprint density at radius 2 is 1.53 bits per heavy atom. The monoisotopic (exact) mass is 693 g/mol. The minimum Gasteiger partial charge on any atom is -0.381 e. The summed E-state index contributed by atoms with van der Waals surface area (Å²) < 4.78 is -0.592. The number of carbonyl (C=O) groups is 5. The topological polar surface area (TPSA) is 157 Å². The zero-order valence-electron chi connectivity index (χ0n) is 29.3. The van der Waals surface area contributed by atoms with Crippen molar-refractivity contribution in [3.63, 3.8) is 0 Å². The van der Waals surface area contributed by atoms with Crippen molar-refractivity contribution in [2.24, 2.45) is 11.3 Å². The van der Waals surface area contributed by atoms with E-state index in [9.17, 15) is 29.1 Å². The first-order chi connectivity index (χ1) is 23.1. The molecule has 49 heavy (non-hydrogen) atoms. The molecule has 0 radical (unpaired) electrons. The van der Waals surface area contributed by atoms with Gasteiger partial charge < -0.3 is 31.3 Å². The van der Waals surface area contributed by atoms with Crippen LogP contribution in [0.4, 0.5) is 0 Å². The lowest BCUT2D eigenvalue weighted by molar-refractivity contribution is -0.148. The Bertz CT molecular complexity index is 1480. The van der Waals surface area contributed by atoms with E-state index in [-0.39, 0.29) is 30.5 Å². The molecule has 1 aliphatic heterocycles. The number of hydrogen-bond donors (Lipinski definition) is 5. The third-order valence-electron chi connectivity index (χ3n) is 9.04. The van der Waals surface area contributed by atoms with Gasteiger partial charge in [0.2, 0.25) is 23.6 Å². The van der Waals surface area contributed by atoms with Gasteiger partial charge in [0.1, 0.15) is 18.1 Å². The number of aliphatic hydroxyl groups is 1. The van der Waals surface area contributed by atoms with E-state index >= 15 is 0 Å². The highest BCUT2D eigenvalue weighted by atomic mass is 32.2. The van der Waals surface area contributed by atoms with Gasteiger partial charge in [0.15, 0.2) is 6.10 Å². The minimum absolute atomic E-state index is 0.117. The Kier molecular flexibility index (Phi) is 12.5. The molecular formula is C37H51N5O6S. The Morgan fingerprint density at radius 1 is 0.918 bits per heavy atom. The molecule has 4 rings (SSSR count). The summed E-state index contributed by atoms with van der Waals surface area (Å²) in [4.78, 5) is 69.1. The van der Waals surface area contributed by atoms with Gasteiger partial charge in [-0.15, -0.1) is 11.8 Å². The molecule has 1 saturated heterocycles. The normalized spacial score (nSPS) is 19.6. The van der Waals surface area contributed by atoms with Crippen molar-refractivity contribution < 1.29 is 29.1 Å². The van der Waals surface area contributed by atoms with Gasteiger partial charge in [0.25, 0.3) is 5.91 Å². The first-order valence-electron chi connectivity index (χ1n) is 17.0. The number of amides is 5. The first-order valence-corrected chi connectivity index (χ1v) is 18.0. The number of rotatable bonds is 14. The number of hydrogen-bond acceptors (Lipinski definition) is 7. The van der Waals surface area contributed by atoms with Crippen molar-refractivity contribution in [2.75, 3.05) is 12.4 Å². The molecule has 5 amide bonds. The van der Waals surface area contributed by atoms with E-state index in [1.54, 1.807) is 58.0 Å². The summed E-state index contributed by atoms with van der Waals surface area (Å²) >= 11 is 1.46. The van der Waals surface area contributed by atoms with Crippen molar-refractivity contribution >= 4 is 41.3 Å². The van der Waals surface area contributed by atoms with Gasteiger partial charge in [-0.2, -0.15) is 0 Å². The summed E-state index contributed by atoms with van der Waals surface area (Å²) in [7, 11) is 0. The molecule has 2 aromatic carbocycles. The molecule has 0 spiro atoms. The van der Waals surface area contributed by atoms with Crippen molar-refractivity contribution in [1.29, 1.82) is 0 Å². The third-order valence-corrected chi connectivity index (χ3v) is 10.4. The minimum atomic E-state index is -1.69. The summed E-state index contributed by atoms with van der Waals surface area (Å²) in [5, 5.41) is 23.1. The van der Waals surface area contributed by atoms with E-state index in [4.69, 9.17) is 0 Å². The number of nitrogens with one attached hydrogen (secondary N) is 4. The molecule has 266 valence electrons. The second kappa shape index (κ2) is 16.2. The molecule has 2 aliphatic rings. The smallest absolute Gasteiger partial charge is 0.254 e. The summed E-state index contributed by atoms with van der Waals surface area (Å²) in [6.45, 7) is 11.4. The average Bonchev–Trinajstić information content (AvgIpc) is 3.84. The van der Waals surface area contributed by atoms with Crippen LogP contribution in [-0.4, -0.2) is 80.9 Å². The number of benzene rings is 2. The van der Waals surface area contributed by atoms with E-state index < -0.39 is 58.2 Å². The van der Waals surface area contributed by atoms with Gasteiger partial charge in [-0.05, 0) is 55.6 Å². The quantitative estimate of drug-likeness (QED) is 0.204. The predicted octanol–water partition coefficient (Wildman–Crippen LogP) is 3.08. The van der Waals surface area contributed by atoms with Gasteiger partial charge >= 0.3 is 0 Å². The molecule has 1 saturated carbocycles. The maximum Gasteiger partial charge on any atom is 0.254 e. The number of thioether (sulfide) groups is 1. The van der Waals surface area contributed by atoms with Crippen LogP contribution >= 0.6 is 11.8 Å². The highest BCUT2D eigenvalue weighted by molar-refractivity contribution is 8.00. The van der Waals surface area contributed by atoms with Crippen LogP contribution in [-0.2, 0) is 30.4 Å². The molecule has 12 heteroatoms. The van der Waals surface area contributed by atoms with Crippen molar-refractivity contribution in [3.8, 4) is 0 Å². The van der Waals surface area contributed by atoms with E-state index in [0.717, 1.165) is 18.4 Å². The summed E-state index contributed by atoms with van der Waals surface area (Å²) in [5.74, 6) is -1.75. The van der Waals surface area contributed by atoms with Gasteiger partial charge in [0, 0.05) is 17.7 Å². The Hall–Kier alpha value is -3.90. The number of nitrogens with zero attached hydrogens (tertiary/aromatic N) is 1. The first kappa shape index (κ1) is 37.9. The molecule has 2 fully saturated rings. The van der Waals surface area contributed by atoms with Crippen LogP contribution in [0, 0.1) is 11.3 Å². The van der Waals surface area contributed by atoms with Crippen LogP contribution in [0.1, 0.15) is 78.0 Å². The maximum atomic E-state index is 14.1. The SMILES string of the molecule is CCC(=O)N[C@H](C(=O)N[C@H](C(=O)N[C@@H](Cc1ccccc1)[C@H](O)C(=O)N1CSC(C)(C)[C@H]1C(=O)NCC1CC1)C(C)(C)C)c1ccccc1. The highest BCUT2D eigenvalue weighted by Crippen LogP contribution is 2.40. The third kappa shape index (κ3) is 10.1. The van der Waals surface area contributed by atoms with E-state index in [0.29, 0.717) is 18.0 Å². The molecule has 11 nitrogen and oxygen atoms in total. The van der Waals surface area contributed by atoms with Crippen LogP contribution in [0.25, 0.3) is 0 Å². The van der Waals surface area contributed by atoms with Crippen LogP contribution in [0.5, 0.6) is 0 Å². The fraction of sp³-hybridized carbons (Fsp3) is 0.541. The standard InChI is InChI=1S/C37H51N5O6S/c1-7-27(43)40-28(25-16-12-9-13-17-25)32(45)41-30(36(2,3)4)33(46)39-26(20-23-14-10-8-11-15-23)29(44)35(48)42-22-49-37(5,6)31(42)34(47)38-21-24-18-19-24/h8-17,24,26,28-31,44H,7,18-22H2,1-6H3,(H,38,47)(H,39,46)(H,40,43)(H,41,45)/t26-,28-,29-,30+,31+/m0/s1. The Balaban J connectivity index is 1.58. The number of carbonyl (C=O) groups excluding carboxylic acids is 5. The summed E-state index contributed by atoms with van der Waals surface area (Å²) in [6.07, 6.45) is 0.743. The molecule has 0 unspecified atom stereocenters. The zero-order chi connectivity index (χ0) is 35.9. The van der Waals surface area contributed by atoms with E-state index in [1.165, 1.54) is 16.7 Å². The van der Waals surface area contributed by atoms with Crippen LogP contribution in [0.3, 0.4) is 0 Å². The molecule has 0 bridgehead atoms. The largest absolute Gasteiger partial charge is 0.381 e. The van der Waals surface area contributed by atoms with Crippen LogP contribution in [0.2, 0.25) is 0 Å². The molecule has 5 atom stereocenters. The molecule has 0 aromatic heterocycles. The van der Waals surface area contributed by atoms with Gasteiger partial charge in [0.05, 0.1) is 11.9 Å². The highest BCUT2D eigenvalue weighted by Gasteiger charge is 2.50. The van der Waals surface area contributed by atoms with Crippen molar-refractivity contribution in [1.82, 2.24) is 26.2 Å². The zero-order valence-corrected chi connectivity index (χ0v) is 30.1. The molecule has 1 aliphatic carbocycles. The predicted molar refractivity (Wildman–Crippen MR) is 190 cm³/mol. The van der Waals surface area contributed by atoms with E-state index in [2.05, 4.69) is 21.3 Å². The Morgan fingerprint density at radius 3 is 2.10 bits per heavy atom. The lowest BCUT2D eigenvalue weighted by Gasteiger charge is -2.35. The maximum absolute atomic E-state index is 14.1. The van der Waals surface area contributed by atoms with Gasteiger partial charge in [-0.3, -0.25) is 24.0 Å². The molecule has 5 N–H and O–H groups in total. The molecule has 2 aromatic rings. The van der Waals surface area contributed by atoms with Crippen LogP contribution < -0.4 is 21.3 Å². The Labute approximate surface area is 293 Å². The van der Waals surface area contributed by atoms with Gasteiger partial charge in [-0.25, -0.2) is 0 Å². The van der Waals surface area contributed by atoms with Crippen molar-refractivity contribution in [2.45, 2.75) is 102 Å². The van der Waals surface area contributed by atoms with Crippen LogP contribution in [0.15, 0.2) is 60.7 Å². The fourth-order valence-corrected chi connectivity index (χ4v) is 7.04. The lowest BCUT2D eigenvalue weighted by Crippen LogP contribution is -2.62. The second-order valence-corrected chi connectivity index (χ2v) is 16.2.